The quantitative estimate of drug-likeness (QED) is 0.816. The Morgan fingerprint density at radius 1 is 1.38 bits per heavy atom. The second kappa shape index (κ2) is 5.21. The molecule has 0 fully saturated rings. The molecule has 1 atom stereocenters. The lowest BCUT2D eigenvalue weighted by Crippen LogP contribution is -2.26. The predicted molar refractivity (Wildman–Crippen MR) is 66.7 cm³/mol. The fourth-order valence-corrected chi connectivity index (χ4v) is 1.56. The second-order valence-corrected chi connectivity index (χ2v) is 5.04. The van der Waals surface area contributed by atoms with Crippen LogP contribution in [0.15, 0.2) is 12.1 Å². The third-order valence-electron chi connectivity index (χ3n) is 2.36. The van der Waals surface area contributed by atoms with Crippen LogP contribution in [-0.4, -0.2) is 5.11 Å². The molecule has 0 heterocycles. The van der Waals surface area contributed by atoms with E-state index >= 15 is 0 Å². The van der Waals surface area contributed by atoms with E-state index in [4.69, 9.17) is 17.3 Å². The van der Waals surface area contributed by atoms with E-state index in [0.717, 1.165) is 6.07 Å². The number of aromatic hydroxyl groups is 1. The molecule has 0 amide bonds. The zero-order valence-electron chi connectivity index (χ0n) is 9.42. The molecule has 0 radical (unpaired) electrons. The normalized spacial score (nSPS) is 13.1. The van der Waals surface area contributed by atoms with Crippen LogP contribution in [0.4, 0.5) is 4.39 Å². The highest BCUT2D eigenvalue weighted by atomic mass is 35.5. The molecule has 0 spiro atoms. The van der Waals surface area contributed by atoms with Gasteiger partial charge in [0, 0.05) is 16.6 Å². The summed E-state index contributed by atoms with van der Waals surface area (Å²) >= 11 is 5.90. The highest BCUT2D eigenvalue weighted by Crippen LogP contribution is 2.40. The van der Waals surface area contributed by atoms with Gasteiger partial charge in [0.1, 0.15) is 0 Å². The van der Waals surface area contributed by atoms with Crippen LogP contribution in [0, 0.1) is 11.2 Å². The molecule has 2 nitrogen and oxygen atoms in total. The Labute approximate surface area is 106 Å². The zero-order chi connectivity index (χ0) is 11.8. The van der Waals surface area contributed by atoms with E-state index in [-0.39, 0.29) is 28.4 Å². The summed E-state index contributed by atoms with van der Waals surface area (Å²) in [5.41, 5.74) is 5.90. The summed E-state index contributed by atoms with van der Waals surface area (Å²) in [5, 5.41) is 9.86. The maximum absolute atomic E-state index is 13.1. The largest absolute Gasteiger partial charge is 0.505 e. The molecule has 1 rings (SSSR count). The van der Waals surface area contributed by atoms with Crippen LogP contribution in [0.5, 0.6) is 5.75 Å². The van der Waals surface area contributed by atoms with Crippen molar-refractivity contribution in [1.29, 1.82) is 0 Å². The zero-order valence-corrected chi connectivity index (χ0v) is 11.0. The Morgan fingerprint density at radius 3 is 2.31 bits per heavy atom. The number of phenols is 1. The van der Waals surface area contributed by atoms with Crippen molar-refractivity contribution < 1.29 is 9.50 Å². The molecule has 92 valence electrons. The van der Waals surface area contributed by atoms with Crippen molar-refractivity contribution >= 4 is 24.0 Å². The molecule has 0 bridgehead atoms. The van der Waals surface area contributed by atoms with Crippen molar-refractivity contribution in [2.24, 2.45) is 11.1 Å². The van der Waals surface area contributed by atoms with Gasteiger partial charge in [-0.2, -0.15) is 0 Å². The summed E-state index contributed by atoms with van der Waals surface area (Å²) in [4.78, 5) is 0. The van der Waals surface area contributed by atoms with Crippen molar-refractivity contribution in [3.05, 3.63) is 28.5 Å². The number of rotatable bonds is 1. The molecule has 0 saturated heterocycles. The van der Waals surface area contributed by atoms with Gasteiger partial charge in [0.15, 0.2) is 11.6 Å². The minimum atomic E-state index is -0.700. The average molecular weight is 268 g/mol. The van der Waals surface area contributed by atoms with Gasteiger partial charge in [-0.1, -0.05) is 32.4 Å². The topological polar surface area (TPSA) is 46.2 Å². The fourth-order valence-electron chi connectivity index (χ4n) is 1.29. The van der Waals surface area contributed by atoms with Crippen molar-refractivity contribution in [2.45, 2.75) is 26.8 Å². The van der Waals surface area contributed by atoms with Gasteiger partial charge in [-0.25, -0.2) is 4.39 Å². The monoisotopic (exact) mass is 267 g/mol. The summed E-state index contributed by atoms with van der Waals surface area (Å²) in [6.45, 7) is 5.70. The van der Waals surface area contributed by atoms with Crippen molar-refractivity contribution in [3.8, 4) is 5.75 Å². The Balaban J connectivity index is 0.00000225. The molecule has 0 saturated carbocycles. The van der Waals surface area contributed by atoms with Gasteiger partial charge >= 0.3 is 0 Å². The highest BCUT2D eigenvalue weighted by Gasteiger charge is 2.28. The number of nitrogens with two attached hydrogens (primary N) is 1. The summed E-state index contributed by atoms with van der Waals surface area (Å²) in [6.07, 6.45) is 0. The van der Waals surface area contributed by atoms with Crippen molar-refractivity contribution in [3.63, 3.8) is 0 Å². The molecule has 0 aliphatic rings. The Kier molecular flexibility index (Phi) is 5.05. The van der Waals surface area contributed by atoms with Crippen LogP contribution in [0.1, 0.15) is 32.4 Å². The first-order chi connectivity index (χ1) is 6.75. The SMILES string of the molecule is CC(C)(C)[C@H](N)c1c(Cl)ccc(F)c1O.Cl. The molecular formula is C11H16Cl2FNO. The van der Waals surface area contributed by atoms with Crippen molar-refractivity contribution in [2.75, 3.05) is 0 Å². The predicted octanol–water partition coefficient (Wildman–Crippen LogP) is 3.65. The lowest BCUT2D eigenvalue weighted by molar-refractivity contribution is 0.314. The van der Waals surface area contributed by atoms with E-state index in [9.17, 15) is 9.50 Å². The van der Waals surface area contributed by atoms with Gasteiger partial charge in [0.05, 0.1) is 0 Å². The minimum Gasteiger partial charge on any atom is -0.505 e. The van der Waals surface area contributed by atoms with E-state index in [2.05, 4.69) is 0 Å². The van der Waals surface area contributed by atoms with Gasteiger partial charge < -0.3 is 10.8 Å². The van der Waals surface area contributed by atoms with E-state index in [1.807, 2.05) is 20.8 Å². The standard InChI is InChI=1S/C11H15ClFNO.ClH/c1-11(2,3)10(14)8-6(12)4-5-7(13)9(8)15;/h4-5,10,15H,14H2,1-3H3;1H/t10-;/m1./s1. The van der Waals surface area contributed by atoms with Gasteiger partial charge in [0.25, 0.3) is 0 Å². The maximum atomic E-state index is 13.1. The van der Waals surface area contributed by atoms with Gasteiger partial charge in [-0.05, 0) is 17.5 Å². The van der Waals surface area contributed by atoms with Gasteiger partial charge in [-0.3, -0.25) is 0 Å². The molecule has 0 aromatic heterocycles. The Bertz CT molecular complexity index is 377. The van der Waals surface area contributed by atoms with Crippen LogP contribution in [0.25, 0.3) is 0 Å². The van der Waals surface area contributed by atoms with Crippen LogP contribution in [0.2, 0.25) is 5.02 Å². The Hall–Kier alpha value is -0.510. The first kappa shape index (κ1) is 15.5. The number of benzene rings is 1. The minimum absolute atomic E-state index is 0. The molecule has 3 N–H and O–H groups in total. The molecule has 0 aliphatic heterocycles. The third kappa shape index (κ3) is 3.00. The van der Waals surface area contributed by atoms with Crippen molar-refractivity contribution in [1.82, 2.24) is 0 Å². The summed E-state index contributed by atoms with van der Waals surface area (Å²) in [7, 11) is 0. The number of halogens is 3. The number of hydrogen-bond donors (Lipinski definition) is 2. The molecular weight excluding hydrogens is 252 g/mol. The fraction of sp³-hybridized carbons (Fsp3) is 0.455. The van der Waals surface area contributed by atoms with Gasteiger partial charge in [-0.15, -0.1) is 12.4 Å². The molecule has 16 heavy (non-hydrogen) atoms. The van der Waals surface area contributed by atoms with Crippen LogP contribution >= 0.6 is 24.0 Å². The average Bonchev–Trinajstić information content (AvgIpc) is 2.10. The van der Waals surface area contributed by atoms with Gasteiger partial charge in [0.2, 0.25) is 0 Å². The molecule has 1 aromatic rings. The third-order valence-corrected chi connectivity index (χ3v) is 2.69. The highest BCUT2D eigenvalue weighted by molar-refractivity contribution is 6.31. The number of hydrogen-bond acceptors (Lipinski definition) is 2. The summed E-state index contributed by atoms with van der Waals surface area (Å²) in [5.74, 6) is -1.15. The first-order valence-electron chi connectivity index (χ1n) is 4.67. The number of phenolic OH excluding ortho intramolecular Hbond substituents is 1. The van der Waals surface area contributed by atoms with E-state index in [1.165, 1.54) is 6.07 Å². The van der Waals surface area contributed by atoms with Crippen LogP contribution in [-0.2, 0) is 0 Å². The van der Waals surface area contributed by atoms with Crippen LogP contribution in [0.3, 0.4) is 0 Å². The maximum Gasteiger partial charge on any atom is 0.165 e. The van der Waals surface area contributed by atoms with E-state index < -0.39 is 17.6 Å². The molecule has 1 aromatic carbocycles. The smallest absolute Gasteiger partial charge is 0.165 e. The van der Waals surface area contributed by atoms with E-state index in [1.54, 1.807) is 0 Å². The molecule has 0 aliphatic carbocycles. The molecule has 0 unspecified atom stereocenters. The summed E-state index contributed by atoms with van der Waals surface area (Å²) in [6, 6.07) is 2.01. The Morgan fingerprint density at radius 2 is 1.88 bits per heavy atom. The lowest BCUT2D eigenvalue weighted by atomic mass is 9.82. The lowest BCUT2D eigenvalue weighted by Gasteiger charge is -2.28. The van der Waals surface area contributed by atoms with Crippen LogP contribution < -0.4 is 5.73 Å². The molecule has 5 heteroatoms. The van der Waals surface area contributed by atoms with E-state index in [0.29, 0.717) is 0 Å². The first-order valence-corrected chi connectivity index (χ1v) is 5.05. The summed E-state index contributed by atoms with van der Waals surface area (Å²) < 4.78 is 13.1. The second-order valence-electron chi connectivity index (χ2n) is 4.64.